The van der Waals surface area contributed by atoms with Crippen LogP contribution in [-0.2, 0) is 4.79 Å². The summed E-state index contributed by atoms with van der Waals surface area (Å²) in [5, 5.41) is 11.8. The van der Waals surface area contributed by atoms with Crippen LogP contribution < -0.4 is 10.1 Å². The molecule has 7 heteroatoms. The summed E-state index contributed by atoms with van der Waals surface area (Å²) in [5.41, 5.74) is 0.355. The van der Waals surface area contributed by atoms with Crippen LogP contribution in [0.15, 0.2) is 42.5 Å². The molecule has 0 aromatic heterocycles. The van der Waals surface area contributed by atoms with Crippen molar-refractivity contribution in [2.24, 2.45) is 0 Å². The summed E-state index contributed by atoms with van der Waals surface area (Å²) < 4.78 is 31.9. The number of ether oxygens (including phenoxy) is 1. The van der Waals surface area contributed by atoms with Gasteiger partial charge < -0.3 is 15.2 Å². The minimum Gasteiger partial charge on any atom is -0.481 e. The highest BCUT2D eigenvalue weighted by Crippen LogP contribution is 2.20. The Labute approximate surface area is 136 Å². The van der Waals surface area contributed by atoms with Gasteiger partial charge in [-0.2, -0.15) is 0 Å². The fourth-order valence-electron chi connectivity index (χ4n) is 1.90. The van der Waals surface area contributed by atoms with Crippen LogP contribution in [0.25, 0.3) is 0 Å². The molecule has 2 aromatic carbocycles. The molecular formula is C16H14ClF2NO3. The molecule has 1 amide bonds. The Morgan fingerprint density at radius 2 is 1.96 bits per heavy atom. The summed E-state index contributed by atoms with van der Waals surface area (Å²) in [6.07, 6.45) is 0. The molecule has 0 saturated heterocycles. The van der Waals surface area contributed by atoms with E-state index in [2.05, 4.69) is 5.32 Å². The SMILES string of the molecule is O=C(COc1ccccc1F)NC(CO)c1ccc(Cl)c(F)c1. The van der Waals surface area contributed by atoms with Gasteiger partial charge in [-0.3, -0.25) is 4.79 Å². The third-order valence-corrected chi connectivity index (χ3v) is 3.37. The zero-order valence-corrected chi connectivity index (χ0v) is 12.7. The van der Waals surface area contributed by atoms with Crippen molar-refractivity contribution in [2.75, 3.05) is 13.2 Å². The lowest BCUT2D eigenvalue weighted by molar-refractivity contribution is -0.124. The summed E-state index contributed by atoms with van der Waals surface area (Å²) in [6.45, 7) is -0.875. The van der Waals surface area contributed by atoms with E-state index in [-0.39, 0.29) is 10.8 Å². The molecule has 0 radical (unpaired) electrons. The number of benzene rings is 2. The van der Waals surface area contributed by atoms with Gasteiger partial charge in [0.2, 0.25) is 0 Å². The average Bonchev–Trinajstić information content (AvgIpc) is 2.54. The third-order valence-electron chi connectivity index (χ3n) is 3.06. The first-order valence-corrected chi connectivity index (χ1v) is 7.11. The van der Waals surface area contributed by atoms with Crippen molar-refractivity contribution in [1.29, 1.82) is 0 Å². The number of aliphatic hydroxyl groups is 1. The number of nitrogens with one attached hydrogen (secondary N) is 1. The first kappa shape index (κ1) is 17.2. The highest BCUT2D eigenvalue weighted by molar-refractivity contribution is 6.30. The van der Waals surface area contributed by atoms with Crippen LogP contribution in [0.5, 0.6) is 5.75 Å². The molecule has 0 aliphatic rings. The molecule has 1 unspecified atom stereocenters. The third kappa shape index (κ3) is 4.64. The van der Waals surface area contributed by atoms with Gasteiger partial charge in [0.25, 0.3) is 5.91 Å². The van der Waals surface area contributed by atoms with Crippen LogP contribution in [0.3, 0.4) is 0 Å². The maximum atomic E-state index is 13.4. The quantitative estimate of drug-likeness (QED) is 0.849. The molecule has 0 bridgehead atoms. The summed E-state index contributed by atoms with van der Waals surface area (Å²) in [5.74, 6) is -1.87. The molecule has 122 valence electrons. The maximum absolute atomic E-state index is 13.4. The van der Waals surface area contributed by atoms with Gasteiger partial charge >= 0.3 is 0 Å². The van der Waals surface area contributed by atoms with Crippen molar-refractivity contribution in [3.05, 3.63) is 64.7 Å². The minimum atomic E-state index is -0.821. The number of halogens is 3. The van der Waals surface area contributed by atoms with E-state index in [4.69, 9.17) is 16.3 Å². The van der Waals surface area contributed by atoms with Crippen LogP contribution in [0.4, 0.5) is 8.78 Å². The van der Waals surface area contributed by atoms with Crippen molar-refractivity contribution < 1.29 is 23.4 Å². The average molecular weight is 342 g/mol. The number of amides is 1. The molecule has 0 fully saturated rings. The van der Waals surface area contributed by atoms with Crippen LogP contribution in [0.2, 0.25) is 5.02 Å². The predicted octanol–water partition coefficient (Wildman–Crippen LogP) is 2.85. The van der Waals surface area contributed by atoms with Gasteiger partial charge in [0.1, 0.15) is 5.82 Å². The molecule has 2 N–H and O–H groups in total. The van der Waals surface area contributed by atoms with Crippen LogP contribution in [0.1, 0.15) is 11.6 Å². The minimum absolute atomic E-state index is 0.0549. The molecule has 2 aromatic rings. The van der Waals surface area contributed by atoms with Crippen molar-refractivity contribution in [3.63, 3.8) is 0 Å². The number of carbonyl (C=O) groups is 1. The molecule has 4 nitrogen and oxygen atoms in total. The van der Waals surface area contributed by atoms with Crippen molar-refractivity contribution >= 4 is 17.5 Å². The van der Waals surface area contributed by atoms with Crippen LogP contribution >= 0.6 is 11.6 Å². The Morgan fingerprint density at radius 3 is 2.61 bits per heavy atom. The summed E-state index contributed by atoms with van der Waals surface area (Å²) >= 11 is 5.59. The standard InChI is InChI=1S/C16H14ClF2NO3/c17-11-6-5-10(7-13(11)19)14(8-21)20-16(22)9-23-15-4-2-1-3-12(15)18/h1-7,14,21H,8-9H2,(H,20,22). The number of rotatable bonds is 6. The van der Waals surface area contributed by atoms with Crippen molar-refractivity contribution in [3.8, 4) is 5.75 Å². The Bertz CT molecular complexity index is 697. The second-order valence-corrected chi connectivity index (χ2v) is 5.10. The lowest BCUT2D eigenvalue weighted by Crippen LogP contribution is -2.34. The second kappa shape index (κ2) is 7.89. The van der Waals surface area contributed by atoms with Gasteiger partial charge in [-0.25, -0.2) is 8.78 Å². The molecular weight excluding hydrogens is 328 g/mol. The summed E-state index contributed by atoms with van der Waals surface area (Å²) in [4.78, 5) is 11.8. The Balaban J connectivity index is 1.97. The normalized spacial score (nSPS) is 11.8. The predicted molar refractivity (Wildman–Crippen MR) is 81.3 cm³/mol. The van der Waals surface area contributed by atoms with E-state index in [9.17, 15) is 18.7 Å². The fraction of sp³-hybridized carbons (Fsp3) is 0.188. The van der Waals surface area contributed by atoms with Gasteiger partial charge in [-0.05, 0) is 29.8 Å². The number of para-hydroxylation sites is 1. The molecule has 0 spiro atoms. The molecule has 0 saturated carbocycles. The lowest BCUT2D eigenvalue weighted by Gasteiger charge is -2.17. The molecule has 0 aliphatic heterocycles. The fourth-order valence-corrected chi connectivity index (χ4v) is 2.02. The Morgan fingerprint density at radius 1 is 1.22 bits per heavy atom. The molecule has 1 atom stereocenters. The highest BCUT2D eigenvalue weighted by atomic mass is 35.5. The first-order valence-electron chi connectivity index (χ1n) is 6.73. The van der Waals surface area contributed by atoms with Gasteiger partial charge in [0.15, 0.2) is 18.2 Å². The van der Waals surface area contributed by atoms with Crippen LogP contribution in [-0.4, -0.2) is 24.2 Å². The largest absolute Gasteiger partial charge is 0.481 e. The van der Waals surface area contributed by atoms with Gasteiger partial charge in [-0.15, -0.1) is 0 Å². The van der Waals surface area contributed by atoms with Crippen LogP contribution in [0, 0.1) is 11.6 Å². The van der Waals surface area contributed by atoms with Gasteiger partial charge in [0.05, 0.1) is 17.7 Å². The zero-order chi connectivity index (χ0) is 16.8. The van der Waals surface area contributed by atoms with E-state index in [1.54, 1.807) is 6.07 Å². The number of hydrogen-bond donors (Lipinski definition) is 2. The summed E-state index contributed by atoms with van der Waals surface area (Å²) in [6, 6.07) is 8.80. The van der Waals surface area contributed by atoms with E-state index < -0.39 is 36.8 Å². The van der Waals surface area contributed by atoms with E-state index in [1.165, 1.54) is 30.3 Å². The second-order valence-electron chi connectivity index (χ2n) is 4.70. The smallest absolute Gasteiger partial charge is 0.258 e. The number of hydrogen-bond acceptors (Lipinski definition) is 3. The molecule has 23 heavy (non-hydrogen) atoms. The monoisotopic (exact) mass is 341 g/mol. The number of aliphatic hydroxyl groups excluding tert-OH is 1. The lowest BCUT2D eigenvalue weighted by atomic mass is 10.1. The van der Waals surface area contributed by atoms with Gasteiger partial charge in [0, 0.05) is 0 Å². The first-order chi connectivity index (χ1) is 11.0. The Hall–Kier alpha value is -2.18. The molecule has 0 aliphatic carbocycles. The number of carbonyl (C=O) groups excluding carboxylic acids is 1. The van der Waals surface area contributed by atoms with Crippen molar-refractivity contribution in [2.45, 2.75) is 6.04 Å². The highest BCUT2D eigenvalue weighted by Gasteiger charge is 2.16. The Kier molecular flexibility index (Phi) is 5.90. The zero-order valence-electron chi connectivity index (χ0n) is 11.9. The van der Waals surface area contributed by atoms with Gasteiger partial charge in [-0.1, -0.05) is 29.8 Å². The topological polar surface area (TPSA) is 58.6 Å². The molecule has 2 rings (SSSR count). The van der Waals surface area contributed by atoms with E-state index in [0.717, 1.165) is 6.07 Å². The summed E-state index contributed by atoms with van der Waals surface area (Å²) in [7, 11) is 0. The molecule has 0 heterocycles. The maximum Gasteiger partial charge on any atom is 0.258 e. The van der Waals surface area contributed by atoms with E-state index in [1.807, 2.05) is 0 Å². The van der Waals surface area contributed by atoms with Crippen molar-refractivity contribution in [1.82, 2.24) is 5.32 Å². The van der Waals surface area contributed by atoms with E-state index in [0.29, 0.717) is 5.56 Å². The van der Waals surface area contributed by atoms with E-state index >= 15 is 0 Å².